The minimum Gasteiger partial charge on any atom is -0.362 e. The molecule has 10 heavy (non-hydrogen) atoms. The van der Waals surface area contributed by atoms with Crippen LogP contribution in [0.1, 0.15) is 13.8 Å². The number of hydrogen-bond acceptors (Lipinski definition) is 2. The van der Waals surface area contributed by atoms with Crippen molar-refractivity contribution in [3.05, 3.63) is 24.8 Å². The van der Waals surface area contributed by atoms with E-state index in [-0.39, 0.29) is 0 Å². The third-order valence-corrected chi connectivity index (χ3v) is 0.990. The maximum absolute atomic E-state index is 9.19. The summed E-state index contributed by atoms with van der Waals surface area (Å²) in [5.74, 6) is -1.22. The minimum absolute atomic E-state index is 0.360. The van der Waals surface area contributed by atoms with E-state index in [1.165, 1.54) is 13.0 Å². The van der Waals surface area contributed by atoms with Gasteiger partial charge in [-0.15, -0.1) is 0 Å². The van der Waals surface area contributed by atoms with E-state index in [4.69, 9.17) is 4.74 Å². The predicted octanol–water partition coefficient (Wildman–Crippen LogP) is 1.47. The lowest BCUT2D eigenvalue weighted by atomic mass is 10.3. The molecule has 0 saturated heterocycles. The van der Waals surface area contributed by atoms with E-state index >= 15 is 0 Å². The fourth-order valence-corrected chi connectivity index (χ4v) is 0.328. The maximum Gasteiger partial charge on any atom is 0.182 e. The van der Waals surface area contributed by atoms with Crippen LogP contribution in [0.3, 0.4) is 0 Å². The summed E-state index contributed by atoms with van der Waals surface area (Å²) in [7, 11) is 0. The molecular formula is C8H14O2. The van der Waals surface area contributed by atoms with Crippen LogP contribution in [0, 0.1) is 0 Å². The highest BCUT2D eigenvalue weighted by atomic mass is 16.6. The first-order chi connectivity index (χ1) is 4.48. The van der Waals surface area contributed by atoms with Crippen molar-refractivity contribution in [2.75, 3.05) is 6.61 Å². The zero-order valence-electron chi connectivity index (χ0n) is 6.55. The Balaban J connectivity index is 3.67. The van der Waals surface area contributed by atoms with Crippen LogP contribution in [0.4, 0.5) is 0 Å². The van der Waals surface area contributed by atoms with E-state index in [9.17, 15) is 5.11 Å². The molecule has 2 nitrogen and oxygen atoms in total. The van der Waals surface area contributed by atoms with E-state index < -0.39 is 5.79 Å². The largest absolute Gasteiger partial charge is 0.362 e. The first-order valence-electron chi connectivity index (χ1n) is 3.12. The van der Waals surface area contributed by atoms with E-state index in [1.807, 2.05) is 6.92 Å². The third-order valence-electron chi connectivity index (χ3n) is 0.990. The molecule has 1 N–H and O–H groups in total. The van der Waals surface area contributed by atoms with Crippen molar-refractivity contribution < 1.29 is 9.84 Å². The third kappa shape index (κ3) is 4.30. The molecule has 0 aromatic carbocycles. The Hall–Kier alpha value is -0.600. The van der Waals surface area contributed by atoms with Gasteiger partial charge in [-0.1, -0.05) is 18.7 Å². The lowest BCUT2D eigenvalue weighted by Crippen LogP contribution is -2.25. The predicted molar refractivity (Wildman–Crippen MR) is 41.6 cm³/mol. The Labute approximate surface area is 61.8 Å². The topological polar surface area (TPSA) is 29.5 Å². The van der Waals surface area contributed by atoms with Crippen molar-refractivity contribution in [3.63, 3.8) is 0 Å². The smallest absolute Gasteiger partial charge is 0.182 e. The van der Waals surface area contributed by atoms with Gasteiger partial charge in [0, 0.05) is 0 Å². The molecule has 0 heterocycles. The van der Waals surface area contributed by atoms with Gasteiger partial charge in [-0.3, -0.25) is 0 Å². The van der Waals surface area contributed by atoms with Gasteiger partial charge in [0.2, 0.25) is 0 Å². The van der Waals surface area contributed by atoms with Crippen LogP contribution in [0.15, 0.2) is 24.8 Å². The molecule has 0 aromatic heterocycles. The average Bonchev–Trinajstić information content (AvgIpc) is 1.85. The first-order valence-corrected chi connectivity index (χ1v) is 3.12. The van der Waals surface area contributed by atoms with E-state index in [1.54, 1.807) is 0 Å². The second kappa shape index (κ2) is 3.54. The van der Waals surface area contributed by atoms with Gasteiger partial charge in [0.25, 0.3) is 0 Å². The molecule has 0 spiro atoms. The normalized spacial score (nSPS) is 15.9. The Kier molecular flexibility index (Phi) is 3.33. The summed E-state index contributed by atoms with van der Waals surface area (Å²) < 4.78 is 4.98. The number of ether oxygens (including phenoxy) is 1. The molecule has 2 heteroatoms. The summed E-state index contributed by atoms with van der Waals surface area (Å²) in [4.78, 5) is 0. The van der Waals surface area contributed by atoms with E-state index in [2.05, 4.69) is 13.2 Å². The van der Waals surface area contributed by atoms with Crippen molar-refractivity contribution in [1.29, 1.82) is 0 Å². The molecular weight excluding hydrogens is 128 g/mol. The summed E-state index contributed by atoms with van der Waals surface area (Å²) in [6, 6.07) is 0. The summed E-state index contributed by atoms with van der Waals surface area (Å²) in [6.45, 7) is 10.8. The fourth-order valence-electron chi connectivity index (χ4n) is 0.328. The van der Waals surface area contributed by atoms with Gasteiger partial charge in [-0.2, -0.15) is 0 Å². The average molecular weight is 142 g/mol. The molecule has 0 amide bonds. The van der Waals surface area contributed by atoms with Crippen molar-refractivity contribution in [3.8, 4) is 0 Å². The van der Waals surface area contributed by atoms with Crippen LogP contribution in [-0.4, -0.2) is 17.5 Å². The second-order valence-electron chi connectivity index (χ2n) is 2.50. The van der Waals surface area contributed by atoms with Crippen LogP contribution in [0.25, 0.3) is 0 Å². The van der Waals surface area contributed by atoms with Crippen molar-refractivity contribution in [1.82, 2.24) is 0 Å². The highest BCUT2D eigenvalue weighted by Crippen LogP contribution is 2.07. The molecule has 0 aliphatic carbocycles. The zero-order valence-corrected chi connectivity index (χ0v) is 6.55. The highest BCUT2D eigenvalue weighted by molar-refractivity contribution is 4.91. The quantitative estimate of drug-likeness (QED) is 0.476. The molecule has 0 rings (SSSR count). The molecule has 0 aromatic rings. The van der Waals surface area contributed by atoms with E-state index in [0.717, 1.165) is 5.57 Å². The Morgan fingerprint density at radius 1 is 1.80 bits per heavy atom. The molecule has 0 saturated carbocycles. The van der Waals surface area contributed by atoms with Gasteiger partial charge in [0.05, 0.1) is 6.61 Å². The number of rotatable bonds is 4. The summed E-state index contributed by atoms with van der Waals surface area (Å²) in [5.41, 5.74) is 0.877. The van der Waals surface area contributed by atoms with E-state index in [0.29, 0.717) is 6.61 Å². The molecule has 0 aliphatic rings. The Morgan fingerprint density at radius 3 is 2.60 bits per heavy atom. The lowest BCUT2D eigenvalue weighted by Gasteiger charge is -2.18. The van der Waals surface area contributed by atoms with Gasteiger partial charge < -0.3 is 9.84 Å². The van der Waals surface area contributed by atoms with Crippen molar-refractivity contribution in [2.24, 2.45) is 0 Å². The standard InChI is InChI=1S/C8H14O2/c1-5-8(4,9)10-6-7(2)3/h5,9H,1-2,6H2,3-4H3. The molecule has 0 radical (unpaired) electrons. The first kappa shape index (κ1) is 9.40. The lowest BCUT2D eigenvalue weighted by molar-refractivity contribution is -0.145. The molecule has 0 bridgehead atoms. The van der Waals surface area contributed by atoms with Gasteiger partial charge >= 0.3 is 0 Å². The van der Waals surface area contributed by atoms with Crippen molar-refractivity contribution in [2.45, 2.75) is 19.6 Å². The van der Waals surface area contributed by atoms with Crippen LogP contribution in [0.5, 0.6) is 0 Å². The fraction of sp³-hybridized carbons (Fsp3) is 0.500. The number of hydrogen-bond donors (Lipinski definition) is 1. The van der Waals surface area contributed by atoms with Crippen LogP contribution in [0.2, 0.25) is 0 Å². The molecule has 1 unspecified atom stereocenters. The summed E-state index contributed by atoms with van der Waals surface area (Å²) in [5, 5.41) is 9.19. The van der Waals surface area contributed by atoms with Crippen LogP contribution >= 0.6 is 0 Å². The molecule has 58 valence electrons. The molecule has 0 fully saturated rings. The summed E-state index contributed by atoms with van der Waals surface area (Å²) >= 11 is 0. The molecule has 0 aliphatic heterocycles. The summed E-state index contributed by atoms with van der Waals surface area (Å²) in [6.07, 6.45) is 1.34. The number of aliphatic hydroxyl groups is 1. The van der Waals surface area contributed by atoms with Crippen LogP contribution < -0.4 is 0 Å². The Bertz CT molecular complexity index is 136. The SMILES string of the molecule is C=CC(C)(O)OCC(=C)C. The minimum atomic E-state index is -1.22. The second-order valence-corrected chi connectivity index (χ2v) is 2.50. The van der Waals surface area contributed by atoms with Crippen molar-refractivity contribution >= 4 is 0 Å². The Morgan fingerprint density at radius 2 is 2.30 bits per heavy atom. The van der Waals surface area contributed by atoms with Gasteiger partial charge in [-0.05, 0) is 19.9 Å². The maximum atomic E-state index is 9.19. The zero-order chi connectivity index (χ0) is 8.20. The molecule has 1 atom stereocenters. The monoisotopic (exact) mass is 142 g/mol. The highest BCUT2D eigenvalue weighted by Gasteiger charge is 2.14. The van der Waals surface area contributed by atoms with Gasteiger partial charge in [0.1, 0.15) is 0 Å². The van der Waals surface area contributed by atoms with Crippen LogP contribution in [-0.2, 0) is 4.74 Å². The van der Waals surface area contributed by atoms with Gasteiger partial charge in [0.15, 0.2) is 5.79 Å². The van der Waals surface area contributed by atoms with Gasteiger partial charge in [-0.25, -0.2) is 0 Å².